The van der Waals surface area contributed by atoms with Gasteiger partial charge >= 0.3 is 0 Å². The molecular weight excluding hydrogens is 312 g/mol. The molecule has 0 nitrogen and oxygen atoms in total. The topological polar surface area (TPSA) is 0 Å². The number of hydrogen-bond acceptors (Lipinski definition) is 0. The molecule has 5 aliphatic carbocycles. The number of allylic oxidation sites excluding steroid dienone is 12. The molecule has 0 aromatic heterocycles. The van der Waals surface area contributed by atoms with E-state index in [0.29, 0.717) is 22.7 Å². The second-order valence-corrected chi connectivity index (χ2v) is 10.2. The van der Waals surface area contributed by atoms with Crippen molar-refractivity contribution in [3.05, 3.63) is 72.4 Å². The Morgan fingerprint density at radius 3 is 2.31 bits per heavy atom. The Morgan fingerprint density at radius 1 is 0.885 bits per heavy atom. The first-order valence-corrected chi connectivity index (χ1v) is 10.6. The Labute approximate surface area is 159 Å². The maximum absolute atomic E-state index is 2.64. The van der Waals surface area contributed by atoms with Gasteiger partial charge in [0.1, 0.15) is 0 Å². The molecule has 4 unspecified atom stereocenters. The summed E-state index contributed by atoms with van der Waals surface area (Å²) in [5.41, 5.74) is 2.67. The third-order valence-corrected chi connectivity index (χ3v) is 8.16. The van der Waals surface area contributed by atoms with E-state index in [2.05, 4.69) is 80.7 Å². The molecule has 5 aliphatic rings. The summed E-state index contributed by atoms with van der Waals surface area (Å²) < 4.78 is 0. The highest BCUT2D eigenvalue weighted by molar-refractivity contribution is 5.43. The van der Waals surface area contributed by atoms with Gasteiger partial charge in [-0.1, -0.05) is 93.5 Å². The van der Waals surface area contributed by atoms with Crippen molar-refractivity contribution in [2.24, 2.45) is 34.0 Å². The lowest BCUT2D eigenvalue weighted by atomic mass is 9.49. The summed E-state index contributed by atoms with van der Waals surface area (Å²) in [6.07, 6.45) is 34.7. The lowest BCUT2D eigenvalue weighted by Crippen LogP contribution is -2.45. The van der Waals surface area contributed by atoms with Crippen LogP contribution in [0.2, 0.25) is 0 Å². The zero-order chi connectivity index (χ0) is 17.8. The van der Waals surface area contributed by atoms with Gasteiger partial charge in [-0.25, -0.2) is 0 Å². The molecule has 2 fully saturated rings. The van der Waals surface area contributed by atoms with Crippen LogP contribution in [-0.4, -0.2) is 0 Å². The number of rotatable bonds is 3. The minimum Gasteiger partial charge on any atom is -0.0771 e. The minimum atomic E-state index is 0.168. The van der Waals surface area contributed by atoms with Gasteiger partial charge in [-0.15, -0.1) is 0 Å². The van der Waals surface area contributed by atoms with Crippen LogP contribution in [0.3, 0.4) is 0 Å². The molecule has 4 atom stereocenters. The van der Waals surface area contributed by atoms with Gasteiger partial charge in [0.15, 0.2) is 0 Å². The molecule has 0 amide bonds. The molecule has 5 rings (SSSR count). The molecule has 0 heteroatoms. The van der Waals surface area contributed by atoms with E-state index in [1.165, 1.54) is 38.5 Å². The molecule has 26 heavy (non-hydrogen) atoms. The summed E-state index contributed by atoms with van der Waals surface area (Å²) in [7, 11) is 0. The molecule has 0 saturated heterocycles. The zero-order valence-electron chi connectivity index (χ0n) is 16.3. The van der Waals surface area contributed by atoms with Gasteiger partial charge in [0, 0.05) is 17.3 Å². The van der Waals surface area contributed by atoms with Crippen molar-refractivity contribution in [2.75, 3.05) is 0 Å². The average molecular weight is 345 g/mol. The van der Waals surface area contributed by atoms with E-state index in [-0.39, 0.29) is 5.41 Å². The van der Waals surface area contributed by atoms with Crippen LogP contribution in [-0.2, 0) is 0 Å². The maximum Gasteiger partial charge on any atom is 0.0139 e. The molecule has 2 bridgehead atoms. The molecule has 0 aliphatic heterocycles. The van der Waals surface area contributed by atoms with Crippen molar-refractivity contribution in [2.45, 2.75) is 52.4 Å². The van der Waals surface area contributed by atoms with E-state index in [0.717, 1.165) is 5.92 Å². The summed E-state index contributed by atoms with van der Waals surface area (Å²) in [6.45, 7) is 4.99. The SMILES string of the molecule is CC1(C2C=CC=C2)C=CC(C23CCCC(C2)CC(C)(C2C=CC=C2)C3)=C1. The molecule has 0 heterocycles. The van der Waals surface area contributed by atoms with Crippen molar-refractivity contribution in [1.29, 1.82) is 0 Å². The van der Waals surface area contributed by atoms with Gasteiger partial charge < -0.3 is 0 Å². The van der Waals surface area contributed by atoms with Crippen molar-refractivity contribution < 1.29 is 0 Å². The summed E-state index contributed by atoms with van der Waals surface area (Å²) in [6, 6.07) is 0. The first-order valence-electron chi connectivity index (χ1n) is 10.6. The number of hydrogen-bond donors (Lipinski definition) is 0. The highest BCUT2D eigenvalue weighted by atomic mass is 14.6. The number of fused-ring (bicyclic) bond motifs is 2. The Kier molecular flexibility index (Phi) is 3.65. The average Bonchev–Trinajstić information content (AvgIpc) is 3.36. The highest BCUT2D eigenvalue weighted by Crippen LogP contribution is 2.63. The fourth-order valence-electron chi connectivity index (χ4n) is 6.92. The van der Waals surface area contributed by atoms with E-state index >= 15 is 0 Å². The largest absolute Gasteiger partial charge is 0.0771 e. The van der Waals surface area contributed by atoms with E-state index < -0.39 is 0 Å². The van der Waals surface area contributed by atoms with Crippen LogP contribution < -0.4 is 0 Å². The third-order valence-electron chi connectivity index (χ3n) is 8.16. The maximum atomic E-state index is 2.64. The molecule has 0 spiro atoms. The monoisotopic (exact) mass is 344 g/mol. The Bertz CT molecular complexity index is 748. The van der Waals surface area contributed by atoms with E-state index in [9.17, 15) is 0 Å². The fourth-order valence-corrected chi connectivity index (χ4v) is 6.92. The first-order chi connectivity index (χ1) is 12.5. The normalized spacial score (nSPS) is 44.4. The Hall–Kier alpha value is -1.56. The second-order valence-electron chi connectivity index (χ2n) is 10.2. The van der Waals surface area contributed by atoms with E-state index in [1.54, 1.807) is 5.57 Å². The van der Waals surface area contributed by atoms with Gasteiger partial charge in [0.05, 0.1) is 0 Å². The standard InChI is InChI=1S/C26H32/c1-24(21-9-3-4-10-21)15-13-23(18-24)26-14-7-8-20(17-26)16-25(2,19-26)22-11-5-6-12-22/h3-6,9-13,15,18,20-22H,7-8,14,16-17,19H2,1-2H3. The lowest BCUT2D eigenvalue weighted by Gasteiger charge is -2.55. The van der Waals surface area contributed by atoms with Crippen molar-refractivity contribution in [1.82, 2.24) is 0 Å². The smallest absolute Gasteiger partial charge is 0.0139 e. The van der Waals surface area contributed by atoms with Gasteiger partial charge in [-0.2, -0.15) is 0 Å². The molecule has 2 saturated carbocycles. The Balaban J connectivity index is 1.49. The highest BCUT2D eigenvalue weighted by Gasteiger charge is 2.52. The molecule has 0 N–H and O–H groups in total. The van der Waals surface area contributed by atoms with Crippen molar-refractivity contribution in [3.8, 4) is 0 Å². The van der Waals surface area contributed by atoms with Gasteiger partial charge in [0.2, 0.25) is 0 Å². The predicted molar refractivity (Wildman–Crippen MR) is 111 cm³/mol. The van der Waals surface area contributed by atoms with Crippen LogP contribution >= 0.6 is 0 Å². The predicted octanol–water partition coefficient (Wildman–Crippen LogP) is 6.95. The van der Waals surface area contributed by atoms with E-state index in [1.807, 2.05) is 0 Å². The van der Waals surface area contributed by atoms with Crippen LogP contribution in [0.15, 0.2) is 72.4 Å². The zero-order valence-corrected chi connectivity index (χ0v) is 16.3. The van der Waals surface area contributed by atoms with Gasteiger partial charge in [-0.3, -0.25) is 0 Å². The minimum absolute atomic E-state index is 0.168. The lowest BCUT2D eigenvalue weighted by molar-refractivity contribution is 0.00289. The molecule has 0 radical (unpaired) electrons. The second kappa shape index (κ2) is 5.72. The van der Waals surface area contributed by atoms with Crippen molar-refractivity contribution >= 4 is 0 Å². The quantitative estimate of drug-likeness (QED) is 0.519. The molecule has 0 aromatic carbocycles. The first kappa shape index (κ1) is 16.6. The summed E-state index contributed by atoms with van der Waals surface area (Å²) in [5, 5.41) is 0. The molecule has 136 valence electrons. The van der Waals surface area contributed by atoms with Crippen LogP contribution in [0.25, 0.3) is 0 Å². The van der Waals surface area contributed by atoms with Gasteiger partial charge in [0.25, 0.3) is 0 Å². The van der Waals surface area contributed by atoms with Crippen LogP contribution in [0.1, 0.15) is 52.4 Å². The van der Waals surface area contributed by atoms with Crippen LogP contribution in [0.4, 0.5) is 0 Å². The van der Waals surface area contributed by atoms with Gasteiger partial charge in [-0.05, 0) is 48.0 Å². The summed E-state index contributed by atoms with van der Waals surface area (Å²) in [5.74, 6) is 2.08. The summed E-state index contributed by atoms with van der Waals surface area (Å²) >= 11 is 0. The summed E-state index contributed by atoms with van der Waals surface area (Å²) in [4.78, 5) is 0. The third kappa shape index (κ3) is 2.48. The van der Waals surface area contributed by atoms with Crippen molar-refractivity contribution in [3.63, 3.8) is 0 Å². The fraction of sp³-hybridized carbons (Fsp3) is 0.538. The van der Waals surface area contributed by atoms with E-state index in [4.69, 9.17) is 0 Å². The molecule has 0 aromatic rings. The Morgan fingerprint density at radius 2 is 1.58 bits per heavy atom. The molecular formula is C26H32. The van der Waals surface area contributed by atoms with Crippen LogP contribution in [0.5, 0.6) is 0 Å². The van der Waals surface area contributed by atoms with Crippen LogP contribution in [0, 0.1) is 34.0 Å².